The zero-order chi connectivity index (χ0) is 32.9. The maximum absolute atomic E-state index is 12.5. The molecule has 4 aliphatic rings. The average molecular weight is 639 g/mol. The number of ether oxygens (including phenoxy) is 4. The molecule has 0 bridgehead atoms. The van der Waals surface area contributed by atoms with Gasteiger partial charge in [-0.05, 0) is 101 Å². The Morgan fingerprint density at radius 3 is 1.24 bits per heavy atom. The van der Waals surface area contributed by atoms with E-state index in [0.29, 0.717) is 13.1 Å². The van der Waals surface area contributed by atoms with Gasteiger partial charge in [-0.15, -0.1) is 0 Å². The summed E-state index contributed by atoms with van der Waals surface area (Å²) in [6.45, 7) is 5.43. The van der Waals surface area contributed by atoms with Crippen LogP contribution in [0.3, 0.4) is 0 Å². The van der Waals surface area contributed by atoms with Crippen LogP contribution >= 0.6 is 0 Å². The Hall–Kier alpha value is -3.50. The van der Waals surface area contributed by atoms with E-state index in [0.717, 1.165) is 86.8 Å². The fourth-order valence-corrected chi connectivity index (χ4v) is 7.21. The van der Waals surface area contributed by atoms with Crippen LogP contribution < -0.4 is 9.47 Å². The van der Waals surface area contributed by atoms with Crippen LogP contribution in [0.1, 0.15) is 101 Å². The van der Waals surface area contributed by atoms with Gasteiger partial charge in [-0.1, -0.05) is 24.3 Å². The Labute approximate surface area is 272 Å². The molecule has 10 heteroatoms. The monoisotopic (exact) mass is 638 g/mol. The minimum Gasteiger partial charge on any atom is -0.497 e. The summed E-state index contributed by atoms with van der Waals surface area (Å²) in [5.74, 6) is 1.61. The molecule has 252 valence electrons. The molecule has 2 heterocycles. The van der Waals surface area contributed by atoms with Crippen molar-refractivity contribution in [3.63, 3.8) is 0 Å². The van der Waals surface area contributed by atoms with Crippen LogP contribution in [0, 0.1) is 0 Å². The third-order valence-corrected chi connectivity index (χ3v) is 10.6. The second-order valence-electron chi connectivity index (χ2n) is 13.3. The lowest BCUT2D eigenvalue weighted by Crippen LogP contribution is -2.52. The highest BCUT2D eigenvalue weighted by Crippen LogP contribution is 2.41. The van der Waals surface area contributed by atoms with Crippen LogP contribution in [-0.2, 0) is 9.47 Å². The summed E-state index contributed by atoms with van der Waals surface area (Å²) >= 11 is 0. The van der Waals surface area contributed by atoms with Crippen LogP contribution in [0.2, 0.25) is 0 Å². The maximum atomic E-state index is 12.5. The van der Waals surface area contributed by atoms with Crippen molar-refractivity contribution in [2.24, 2.45) is 0 Å². The van der Waals surface area contributed by atoms with E-state index in [4.69, 9.17) is 18.9 Å². The number of aliphatic hydroxyl groups excluding tert-OH is 2. The summed E-state index contributed by atoms with van der Waals surface area (Å²) in [7, 11) is 3.28. The number of carbonyl (C=O) groups is 2. The van der Waals surface area contributed by atoms with Crippen molar-refractivity contribution in [3.05, 3.63) is 59.7 Å². The second kappa shape index (κ2) is 14.5. The highest BCUT2D eigenvalue weighted by Gasteiger charge is 2.45. The van der Waals surface area contributed by atoms with Gasteiger partial charge in [-0.25, -0.2) is 9.59 Å². The van der Waals surface area contributed by atoms with Gasteiger partial charge >= 0.3 is 12.2 Å². The molecule has 6 rings (SSSR count). The summed E-state index contributed by atoms with van der Waals surface area (Å²) in [6.07, 6.45) is 6.69. The number of amides is 2. The highest BCUT2D eigenvalue weighted by atomic mass is 16.6. The molecule has 2 aromatic rings. The van der Waals surface area contributed by atoms with E-state index >= 15 is 0 Å². The van der Waals surface area contributed by atoms with E-state index in [1.807, 2.05) is 62.4 Å². The molecule has 46 heavy (non-hydrogen) atoms. The number of carbonyl (C=O) groups excluding carboxylic acids is 2. The van der Waals surface area contributed by atoms with Gasteiger partial charge in [0.1, 0.15) is 22.7 Å². The van der Waals surface area contributed by atoms with Gasteiger partial charge in [-0.3, -0.25) is 0 Å². The predicted octanol–water partition coefficient (Wildman–Crippen LogP) is 6.54. The Balaban J connectivity index is 0.000000181. The van der Waals surface area contributed by atoms with Crippen molar-refractivity contribution in [1.29, 1.82) is 0 Å². The van der Waals surface area contributed by atoms with Crippen LogP contribution in [0.15, 0.2) is 48.5 Å². The molecule has 10 nitrogen and oxygen atoms in total. The Morgan fingerprint density at radius 2 is 0.957 bits per heavy atom. The van der Waals surface area contributed by atoms with Crippen LogP contribution in [-0.4, -0.2) is 82.9 Å². The number of nitrogens with zero attached hydrogens (tertiary/aromatic N) is 2. The smallest absolute Gasteiger partial charge is 0.410 e. The first-order valence-electron chi connectivity index (χ1n) is 16.7. The van der Waals surface area contributed by atoms with Crippen molar-refractivity contribution in [2.75, 3.05) is 27.3 Å². The molecule has 0 radical (unpaired) electrons. The summed E-state index contributed by atoms with van der Waals surface area (Å²) in [4.78, 5) is 28.6. The second-order valence-corrected chi connectivity index (χ2v) is 13.3. The van der Waals surface area contributed by atoms with Crippen molar-refractivity contribution in [1.82, 2.24) is 9.80 Å². The summed E-state index contributed by atoms with van der Waals surface area (Å²) in [5, 5.41) is 19.3. The van der Waals surface area contributed by atoms with E-state index in [9.17, 15) is 19.8 Å². The quantitative estimate of drug-likeness (QED) is 0.366. The SMILES string of the molecule is COc1ccc([C@H](C)N2CCC3(CCC(O)CC3)OC2=O)cc1.COc1ccc([C@H](C)N2CCC3(CCC(O)CC3)OC2=O)cc1. The predicted molar refractivity (Wildman–Crippen MR) is 173 cm³/mol. The minimum atomic E-state index is -0.355. The molecule has 2 saturated carbocycles. The van der Waals surface area contributed by atoms with Gasteiger partial charge in [0.2, 0.25) is 0 Å². The van der Waals surface area contributed by atoms with E-state index in [1.54, 1.807) is 24.0 Å². The van der Waals surface area contributed by atoms with Crippen LogP contribution in [0.4, 0.5) is 9.59 Å². The number of aliphatic hydroxyl groups is 2. The summed E-state index contributed by atoms with van der Waals surface area (Å²) in [5.41, 5.74) is 1.43. The Morgan fingerprint density at radius 1 is 0.630 bits per heavy atom. The lowest BCUT2D eigenvalue weighted by Gasteiger charge is -2.45. The number of methoxy groups -OCH3 is 2. The van der Waals surface area contributed by atoms with Gasteiger partial charge < -0.3 is 39.0 Å². The number of hydrogen-bond donors (Lipinski definition) is 2. The molecule has 2 spiro atoms. The fourth-order valence-electron chi connectivity index (χ4n) is 7.21. The van der Waals surface area contributed by atoms with Gasteiger partial charge in [0.05, 0.1) is 38.5 Å². The minimum absolute atomic E-state index is 0.0278. The first-order valence-corrected chi connectivity index (χ1v) is 16.7. The van der Waals surface area contributed by atoms with Gasteiger partial charge in [0.25, 0.3) is 0 Å². The molecule has 2 aromatic carbocycles. The number of benzene rings is 2. The molecular formula is C36H50N2O8. The van der Waals surface area contributed by atoms with Crippen LogP contribution in [0.5, 0.6) is 11.5 Å². The molecule has 2 N–H and O–H groups in total. The number of rotatable bonds is 6. The molecule has 2 saturated heterocycles. The lowest BCUT2D eigenvalue weighted by atomic mass is 9.80. The van der Waals surface area contributed by atoms with E-state index in [1.165, 1.54) is 0 Å². The van der Waals surface area contributed by atoms with Gasteiger partial charge in [0.15, 0.2) is 0 Å². The van der Waals surface area contributed by atoms with E-state index < -0.39 is 0 Å². The Kier molecular flexibility index (Phi) is 10.7. The standard InChI is InChI=1S/2C18H25NO4/c2*1-13(14-3-5-16(22-2)6-4-14)19-12-11-18(23-17(19)21)9-7-15(20)8-10-18/h2*3-6,13,15,20H,7-12H2,1-2H3/t2*13-,15?,18?/m00/s1. The van der Waals surface area contributed by atoms with Crippen molar-refractivity contribution in [2.45, 2.75) is 114 Å². The Bertz CT molecular complexity index is 1200. The van der Waals surface area contributed by atoms with E-state index in [-0.39, 0.29) is 47.7 Å². The molecule has 0 aromatic heterocycles. The molecule has 2 atom stereocenters. The van der Waals surface area contributed by atoms with Crippen molar-refractivity contribution >= 4 is 12.2 Å². The first-order chi connectivity index (χ1) is 22.1. The van der Waals surface area contributed by atoms with Gasteiger partial charge in [0, 0.05) is 25.9 Å². The third kappa shape index (κ3) is 7.72. The zero-order valence-electron chi connectivity index (χ0n) is 27.7. The summed E-state index contributed by atoms with van der Waals surface area (Å²) < 4.78 is 22.0. The maximum Gasteiger partial charge on any atom is 0.410 e. The molecule has 2 amide bonds. The zero-order valence-corrected chi connectivity index (χ0v) is 27.7. The molecular weight excluding hydrogens is 588 g/mol. The normalized spacial score (nSPS) is 29.3. The highest BCUT2D eigenvalue weighted by molar-refractivity contribution is 5.70. The van der Waals surface area contributed by atoms with Gasteiger partial charge in [-0.2, -0.15) is 0 Å². The third-order valence-electron chi connectivity index (χ3n) is 10.6. The fraction of sp³-hybridized carbons (Fsp3) is 0.611. The van der Waals surface area contributed by atoms with Crippen LogP contribution in [0.25, 0.3) is 0 Å². The first kappa shape index (κ1) is 33.9. The largest absolute Gasteiger partial charge is 0.497 e. The van der Waals surface area contributed by atoms with Crippen molar-refractivity contribution < 1.29 is 38.7 Å². The molecule has 4 fully saturated rings. The van der Waals surface area contributed by atoms with E-state index in [2.05, 4.69) is 0 Å². The molecule has 2 aliphatic carbocycles. The number of hydrogen-bond acceptors (Lipinski definition) is 8. The molecule has 0 unspecified atom stereocenters. The lowest BCUT2D eigenvalue weighted by molar-refractivity contribution is -0.0911. The summed E-state index contributed by atoms with van der Waals surface area (Å²) in [6, 6.07) is 15.5. The topological polar surface area (TPSA) is 118 Å². The average Bonchev–Trinajstić information content (AvgIpc) is 3.08. The van der Waals surface area contributed by atoms with Crippen molar-refractivity contribution in [3.8, 4) is 11.5 Å². The molecule has 2 aliphatic heterocycles.